The standard InChI is InChI=1S/C33H33Cl2N3O5S/c1-3-20-36-33(40)24(2)37(22-25-14-15-26(34)21-31(25)35)32(39)23-38(44(41,42)30-12-8-5-9-13-30)27-16-18-29(19-17-27)43-28-10-6-4-7-11-28/h4-19,21,24H,3,20,22-23H2,1-2H3,(H,36,40)/t24-/m0/s1. The highest BCUT2D eigenvalue weighted by atomic mass is 35.5. The van der Waals surface area contributed by atoms with E-state index in [9.17, 15) is 18.0 Å². The quantitative estimate of drug-likeness (QED) is 0.169. The second kappa shape index (κ2) is 15.1. The van der Waals surface area contributed by atoms with E-state index in [-0.39, 0.29) is 23.0 Å². The van der Waals surface area contributed by atoms with Gasteiger partial charge in [-0.05, 0) is 79.6 Å². The van der Waals surface area contributed by atoms with Crippen molar-refractivity contribution in [1.82, 2.24) is 10.2 Å². The molecule has 0 spiro atoms. The minimum Gasteiger partial charge on any atom is -0.457 e. The smallest absolute Gasteiger partial charge is 0.264 e. The Morgan fingerprint density at radius 3 is 2.09 bits per heavy atom. The molecule has 8 nitrogen and oxygen atoms in total. The molecule has 0 saturated heterocycles. The number of anilines is 1. The maximum Gasteiger partial charge on any atom is 0.264 e. The Hall–Kier alpha value is -4.05. The Balaban J connectivity index is 1.70. The van der Waals surface area contributed by atoms with Crippen LogP contribution in [0.3, 0.4) is 0 Å². The predicted molar refractivity (Wildman–Crippen MR) is 174 cm³/mol. The second-order valence-corrected chi connectivity index (χ2v) is 12.7. The van der Waals surface area contributed by atoms with Gasteiger partial charge in [-0.2, -0.15) is 0 Å². The summed E-state index contributed by atoms with van der Waals surface area (Å²) in [5, 5.41) is 3.55. The Labute approximate surface area is 268 Å². The second-order valence-electron chi connectivity index (χ2n) is 9.96. The van der Waals surface area contributed by atoms with Crippen LogP contribution in [-0.4, -0.2) is 44.3 Å². The highest BCUT2D eigenvalue weighted by Crippen LogP contribution is 2.29. The topological polar surface area (TPSA) is 96.0 Å². The summed E-state index contributed by atoms with van der Waals surface area (Å²) in [7, 11) is -4.20. The molecule has 1 atom stereocenters. The van der Waals surface area contributed by atoms with Crippen molar-refractivity contribution >= 4 is 50.7 Å². The zero-order valence-electron chi connectivity index (χ0n) is 24.3. The summed E-state index contributed by atoms with van der Waals surface area (Å²) < 4.78 is 34.8. The van der Waals surface area contributed by atoms with Gasteiger partial charge in [0.15, 0.2) is 0 Å². The SMILES string of the molecule is CCCNC(=O)[C@H](C)N(Cc1ccc(Cl)cc1Cl)C(=O)CN(c1ccc(Oc2ccccc2)cc1)S(=O)(=O)c1ccccc1. The average molecular weight is 655 g/mol. The summed E-state index contributed by atoms with van der Waals surface area (Å²) in [5.41, 5.74) is 0.801. The lowest BCUT2D eigenvalue weighted by Gasteiger charge is -2.32. The average Bonchev–Trinajstić information content (AvgIpc) is 3.03. The summed E-state index contributed by atoms with van der Waals surface area (Å²) in [6, 6.07) is 27.4. The number of amides is 2. The van der Waals surface area contributed by atoms with Gasteiger partial charge in [-0.25, -0.2) is 8.42 Å². The molecule has 44 heavy (non-hydrogen) atoms. The van der Waals surface area contributed by atoms with Crippen molar-refractivity contribution in [3.8, 4) is 11.5 Å². The molecule has 11 heteroatoms. The molecule has 4 aromatic carbocycles. The molecule has 0 aliphatic rings. The van der Waals surface area contributed by atoms with Gasteiger partial charge in [-0.3, -0.25) is 13.9 Å². The Bertz CT molecular complexity index is 1670. The Kier molecular flexibility index (Phi) is 11.3. The van der Waals surface area contributed by atoms with Gasteiger partial charge in [-0.15, -0.1) is 0 Å². The van der Waals surface area contributed by atoms with Crippen LogP contribution in [-0.2, 0) is 26.2 Å². The minimum atomic E-state index is -4.20. The molecular weight excluding hydrogens is 621 g/mol. The van der Waals surface area contributed by atoms with E-state index in [2.05, 4.69) is 5.32 Å². The van der Waals surface area contributed by atoms with Crippen molar-refractivity contribution < 1.29 is 22.7 Å². The summed E-state index contributed by atoms with van der Waals surface area (Å²) in [6.07, 6.45) is 0.711. The largest absolute Gasteiger partial charge is 0.457 e. The van der Waals surface area contributed by atoms with Crippen molar-refractivity contribution in [2.75, 3.05) is 17.4 Å². The molecule has 0 saturated carbocycles. The van der Waals surface area contributed by atoms with Gasteiger partial charge in [0.2, 0.25) is 11.8 Å². The molecule has 2 amide bonds. The fourth-order valence-corrected chi connectivity index (χ4v) is 6.27. The maximum absolute atomic E-state index is 14.1. The molecule has 0 radical (unpaired) electrons. The molecule has 0 aromatic heterocycles. The normalized spacial score (nSPS) is 11.8. The van der Waals surface area contributed by atoms with Gasteiger partial charge in [0.25, 0.3) is 10.0 Å². The number of halogens is 2. The molecule has 4 rings (SSSR count). The maximum atomic E-state index is 14.1. The number of hydrogen-bond donors (Lipinski definition) is 1. The van der Waals surface area contributed by atoms with Crippen LogP contribution >= 0.6 is 23.2 Å². The first-order valence-corrected chi connectivity index (χ1v) is 16.2. The predicted octanol–water partition coefficient (Wildman–Crippen LogP) is 6.92. The van der Waals surface area contributed by atoms with E-state index in [4.69, 9.17) is 27.9 Å². The number of benzene rings is 4. The van der Waals surface area contributed by atoms with E-state index in [0.29, 0.717) is 40.1 Å². The lowest BCUT2D eigenvalue weighted by atomic mass is 10.1. The number of rotatable bonds is 13. The number of hydrogen-bond acceptors (Lipinski definition) is 5. The molecular formula is C33H33Cl2N3O5S. The van der Waals surface area contributed by atoms with Crippen LogP contribution in [0.2, 0.25) is 10.0 Å². The van der Waals surface area contributed by atoms with Crippen LogP contribution in [0.5, 0.6) is 11.5 Å². The van der Waals surface area contributed by atoms with Gasteiger partial charge < -0.3 is 15.0 Å². The van der Waals surface area contributed by atoms with Crippen molar-refractivity contribution in [2.45, 2.75) is 37.8 Å². The third-order valence-electron chi connectivity index (χ3n) is 6.79. The number of carbonyl (C=O) groups excluding carboxylic acids is 2. The van der Waals surface area contributed by atoms with E-state index >= 15 is 0 Å². The van der Waals surface area contributed by atoms with Crippen molar-refractivity contribution in [2.24, 2.45) is 0 Å². The Morgan fingerprint density at radius 1 is 0.864 bits per heavy atom. The van der Waals surface area contributed by atoms with Gasteiger partial charge >= 0.3 is 0 Å². The van der Waals surface area contributed by atoms with Crippen LogP contribution in [0.4, 0.5) is 5.69 Å². The number of sulfonamides is 1. The highest BCUT2D eigenvalue weighted by molar-refractivity contribution is 7.92. The van der Waals surface area contributed by atoms with E-state index in [1.807, 2.05) is 25.1 Å². The van der Waals surface area contributed by atoms with Crippen molar-refractivity contribution in [3.05, 3.63) is 119 Å². The van der Waals surface area contributed by atoms with Crippen LogP contribution in [0.15, 0.2) is 108 Å². The van der Waals surface area contributed by atoms with Crippen LogP contribution in [0.1, 0.15) is 25.8 Å². The fraction of sp³-hybridized carbons (Fsp3) is 0.212. The number of ether oxygens (including phenoxy) is 1. The number of nitrogens with one attached hydrogen (secondary N) is 1. The highest BCUT2D eigenvalue weighted by Gasteiger charge is 2.32. The van der Waals surface area contributed by atoms with Gasteiger partial charge in [0.1, 0.15) is 24.1 Å². The zero-order chi connectivity index (χ0) is 31.7. The molecule has 0 fully saturated rings. The first kappa shape index (κ1) is 32.9. The van der Waals surface area contributed by atoms with E-state index in [0.717, 1.165) is 4.31 Å². The summed E-state index contributed by atoms with van der Waals surface area (Å²) in [6.45, 7) is 3.33. The zero-order valence-corrected chi connectivity index (χ0v) is 26.6. The van der Waals surface area contributed by atoms with Gasteiger partial charge in [0, 0.05) is 23.1 Å². The van der Waals surface area contributed by atoms with Crippen LogP contribution < -0.4 is 14.4 Å². The first-order chi connectivity index (χ1) is 21.1. The molecule has 4 aromatic rings. The molecule has 0 unspecified atom stereocenters. The van der Waals surface area contributed by atoms with Crippen molar-refractivity contribution in [3.63, 3.8) is 0 Å². The third-order valence-corrected chi connectivity index (χ3v) is 9.16. The summed E-state index contributed by atoms with van der Waals surface area (Å²) in [4.78, 5) is 28.4. The monoisotopic (exact) mass is 653 g/mol. The third kappa shape index (κ3) is 8.31. The van der Waals surface area contributed by atoms with E-state index in [1.165, 1.54) is 17.0 Å². The first-order valence-electron chi connectivity index (χ1n) is 14.0. The van der Waals surface area contributed by atoms with Crippen LogP contribution in [0.25, 0.3) is 0 Å². The number of para-hydroxylation sites is 1. The van der Waals surface area contributed by atoms with Gasteiger partial charge in [0.05, 0.1) is 10.6 Å². The van der Waals surface area contributed by atoms with E-state index in [1.54, 1.807) is 79.7 Å². The summed E-state index contributed by atoms with van der Waals surface area (Å²) >= 11 is 12.5. The molecule has 0 aliphatic heterocycles. The van der Waals surface area contributed by atoms with Gasteiger partial charge in [-0.1, -0.05) is 72.6 Å². The number of carbonyl (C=O) groups is 2. The van der Waals surface area contributed by atoms with Crippen LogP contribution in [0, 0.1) is 0 Å². The lowest BCUT2D eigenvalue weighted by Crippen LogP contribution is -2.51. The van der Waals surface area contributed by atoms with Crippen molar-refractivity contribution in [1.29, 1.82) is 0 Å². The Morgan fingerprint density at radius 2 is 1.48 bits per heavy atom. The number of nitrogens with zero attached hydrogens (tertiary/aromatic N) is 2. The molecule has 1 N–H and O–H groups in total. The minimum absolute atomic E-state index is 0.0124. The molecule has 230 valence electrons. The molecule has 0 bridgehead atoms. The fourth-order valence-electron chi connectivity index (χ4n) is 4.37. The summed E-state index contributed by atoms with van der Waals surface area (Å²) in [5.74, 6) is 0.143. The lowest BCUT2D eigenvalue weighted by molar-refractivity contribution is -0.139. The molecule has 0 aliphatic carbocycles. The molecule has 0 heterocycles. The van der Waals surface area contributed by atoms with E-state index < -0.39 is 28.5 Å².